The summed E-state index contributed by atoms with van der Waals surface area (Å²) < 4.78 is 50.8. The largest absolute Gasteiger partial charge is 0.491 e. The summed E-state index contributed by atoms with van der Waals surface area (Å²) in [5.41, 5.74) is 4.64. The van der Waals surface area contributed by atoms with Gasteiger partial charge in [-0.2, -0.15) is 0 Å². The van der Waals surface area contributed by atoms with E-state index in [-0.39, 0.29) is 6.61 Å². The van der Waals surface area contributed by atoms with Crippen molar-refractivity contribution in [3.8, 4) is 22.6 Å². The number of benzene rings is 8. The summed E-state index contributed by atoms with van der Waals surface area (Å²) in [6.45, 7) is 1.27. The van der Waals surface area contributed by atoms with Crippen LogP contribution in [0.5, 0.6) is 11.5 Å². The maximum absolute atomic E-state index is 6.82. The van der Waals surface area contributed by atoms with Gasteiger partial charge < -0.3 is 30.8 Å². The van der Waals surface area contributed by atoms with Crippen LogP contribution in [0.25, 0.3) is 76.5 Å². The van der Waals surface area contributed by atoms with Gasteiger partial charge in [0.05, 0.1) is 19.8 Å². The van der Waals surface area contributed by atoms with Crippen LogP contribution >= 0.6 is 16.5 Å². The smallest absolute Gasteiger partial charge is 0.453 e. The van der Waals surface area contributed by atoms with Gasteiger partial charge in [0.15, 0.2) is 0 Å². The molecule has 8 nitrogen and oxygen atoms in total. The SMILES string of the molecule is c1ccc2c(-c3c(Op4oc5ccccc5c5ccccc5o4)ccc4ccccc34)c(OCCOCCOp3oc4ccccc4c4ccccc4o3)ccc2c1. The van der Waals surface area contributed by atoms with Crippen molar-refractivity contribution in [1.29, 1.82) is 0 Å². The minimum Gasteiger partial charge on any atom is -0.491 e. The number of hydrogen-bond donors (Lipinski definition) is 0. The fourth-order valence-electron chi connectivity index (χ4n) is 7.30. The molecule has 286 valence electrons. The molecule has 8 aromatic carbocycles. The van der Waals surface area contributed by atoms with Crippen LogP contribution in [-0.4, -0.2) is 26.4 Å². The van der Waals surface area contributed by atoms with E-state index in [9.17, 15) is 0 Å². The Kier molecular flexibility index (Phi) is 10.1. The van der Waals surface area contributed by atoms with Crippen LogP contribution in [0.1, 0.15) is 0 Å². The highest BCUT2D eigenvalue weighted by atomic mass is 31.1. The molecule has 0 unspecified atom stereocenters. The van der Waals surface area contributed by atoms with Gasteiger partial charge >= 0.3 is 16.5 Å². The average molecular weight is 803 g/mol. The van der Waals surface area contributed by atoms with Crippen molar-refractivity contribution < 1.29 is 35.3 Å². The number of fused-ring (bicyclic) bond motifs is 8. The molecule has 58 heavy (non-hydrogen) atoms. The van der Waals surface area contributed by atoms with Crippen LogP contribution in [0.4, 0.5) is 0 Å². The second kappa shape index (κ2) is 16.2. The van der Waals surface area contributed by atoms with Gasteiger partial charge in [0.25, 0.3) is 0 Å². The lowest BCUT2D eigenvalue weighted by molar-refractivity contribution is 0.0843. The third-order valence-corrected chi connectivity index (χ3v) is 12.1. The monoisotopic (exact) mass is 802 g/mol. The number of ether oxygens (including phenoxy) is 2. The van der Waals surface area contributed by atoms with Crippen LogP contribution < -0.4 is 13.8 Å². The highest BCUT2D eigenvalue weighted by molar-refractivity contribution is 7.32. The van der Waals surface area contributed by atoms with Crippen molar-refractivity contribution in [3.63, 3.8) is 0 Å². The maximum atomic E-state index is 6.82. The molecule has 0 aliphatic heterocycles. The predicted octanol–water partition coefficient (Wildman–Crippen LogP) is 14.2. The van der Waals surface area contributed by atoms with Gasteiger partial charge in [0.2, 0.25) is 0 Å². The molecule has 0 amide bonds. The molecule has 2 heterocycles. The Morgan fingerprint density at radius 3 is 1.26 bits per heavy atom. The first kappa shape index (κ1) is 36.0. The van der Waals surface area contributed by atoms with Crippen molar-refractivity contribution in [1.82, 2.24) is 0 Å². The zero-order chi connectivity index (χ0) is 38.7. The fraction of sp³-hybridized carbons (Fsp3) is 0.0833. The topological polar surface area (TPSA) is 89.5 Å². The fourth-order valence-corrected chi connectivity index (χ4v) is 9.37. The molecule has 0 saturated heterocycles. The van der Waals surface area contributed by atoms with Gasteiger partial charge in [0.1, 0.15) is 40.4 Å². The van der Waals surface area contributed by atoms with Crippen molar-refractivity contribution in [2.45, 2.75) is 0 Å². The summed E-state index contributed by atoms with van der Waals surface area (Å²) in [4.78, 5) is 0. The molecule has 10 heteroatoms. The van der Waals surface area contributed by atoms with Gasteiger partial charge in [-0.05, 0) is 57.9 Å². The number of rotatable bonds is 11. The minimum atomic E-state index is -1.90. The first-order chi connectivity index (χ1) is 28.8. The second-order valence-electron chi connectivity index (χ2n) is 13.5. The van der Waals surface area contributed by atoms with Gasteiger partial charge in [-0.15, -0.1) is 0 Å². The van der Waals surface area contributed by atoms with E-state index in [2.05, 4.69) is 36.4 Å². The van der Waals surface area contributed by atoms with E-state index in [4.69, 9.17) is 35.3 Å². The Hall–Kier alpha value is -6.40. The Balaban J connectivity index is 0.938. The first-order valence-corrected chi connectivity index (χ1v) is 21.2. The summed E-state index contributed by atoms with van der Waals surface area (Å²) in [7, 11) is -3.57. The van der Waals surface area contributed by atoms with Crippen LogP contribution in [-0.2, 0) is 4.74 Å². The Morgan fingerprint density at radius 2 is 0.741 bits per heavy atom. The summed E-state index contributed by atoms with van der Waals surface area (Å²) in [6.07, 6.45) is 0. The maximum Gasteiger partial charge on any atom is 0.453 e. The van der Waals surface area contributed by atoms with Crippen molar-refractivity contribution in [2.24, 2.45) is 0 Å². The lowest BCUT2D eigenvalue weighted by Crippen LogP contribution is -2.11. The van der Waals surface area contributed by atoms with Gasteiger partial charge in [-0.3, -0.25) is 4.52 Å². The highest BCUT2D eigenvalue weighted by Crippen LogP contribution is 2.48. The lowest BCUT2D eigenvalue weighted by Gasteiger charge is -2.19. The molecular weight excluding hydrogens is 766 g/mol. The Labute approximate surface area is 335 Å². The average Bonchev–Trinajstić information content (AvgIpc) is 3.53. The molecule has 0 spiro atoms. The van der Waals surface area contributed by atoms with E-state index in [1.54, 1.807) is 0 Å². The van der Waals surface area contributed by atoms with Gasteiger partial charge in [-0.1, -0.05) is 133 Å². The van der Waals surface area contributed by atoms with Gasteiger partial charge in [-0.25, -0.2) is 0 Å². The molecule has 10 aromatic rings. The molecule has 0 fully saturated rings. The van der Waals surface area contributed by atoms with Crippen molar-refractivity contribution in [2.75, 3.05) is 26.4 Å². The summed E-state index contributed by atoms with van der Waals surface area (Å²) >= 11 is 0. The Morgan fingerprint density at radius 1 is 0.345 bits per heavy atom. The molecule has 2 aromatic heterocycles. The number of hydrogen-bond acceptors (Lipinski definition) is 8. The number of para-hydroxylation sites is 4. The van der Waals surface area contributed by atoms with Crippen LogP contribution in [0.2, 0.25) is 0 Å². The Bertz CT molecular complexity index is 3060. The van der Waals surface area contributed by atoms with Gasteiger partial charge in [0, 0.05) is 32.7 Å². The van der Waals surface area contributed by atoms with E-state index in [1.165, 1.54) is 0 Å². The predicted molar refractivity (Wildman–Crippen MR) is 233 cm³/mol. The zero-order valence-corrected chi connectivity index (χ0v) is 32.9. The third kappa shape index (κ3) is 7.20. The molecule has 0 atom stereocenters. The van der Waals surface area contributed by atoms with Crippen LogP contribution in [0, 0.1) is 0 Å². The normalized spacial score (nSPS) is 11.5. The molecule has 0 N–H and O–H groups in total. The summed E-state index contributed by atoms with van der Waals surface area (Å²) in [6, 6.07) is 56.4. The summed E-state index contributed by atoms with van der Waals surface area (Å²) in [5.74, 6) is 1.32. The minimum absolute atomic E-state index is 0.288. The first-order valence-electron chi connectivity index (χ1n) is 19.0. The lowest BCUT2D eigenvalue weighted by atomic mass is 9.92. The molecule has 10 rings (SSSR count). The highest BCUT2D eigenvalue weighted by Gasteiger charge is 2.21. The van der Waals surface area contributed by atoms with Crippen molar-refractivity contribution in [3.05, 3.63) is 170 Å². The third-order valence-electron chi connectivity index (χ3n) is 9.93. The molecular formula is C48H36O8P2. The summed E-state index contributed by atoms with van der Waals surface area (Å²) in [5, 5.41) is 8.01. The molecule has 0 aliphatic rings. The van der Waals surface area contributed by atoms with E-state index in [0.717, 1.165) is 65.4 Å². The zero-order valence-electron chi connectivity index (χ0n) is 31.2. The molecule has 0 bridgehead atoms. The quantitative estimate of drug-likeness (QED) is 0.119. The molecule has 0 saturated carbocycles. The van der Waals surface area contributed by atoms with E-state index in [1.807, 2.05) is 133 Å². The van der Waals surface area contributed by atoms with E-state index >= 15 is 0 Å². The second-order valence-corrected chi connectivity index (χ2v) is 15.6. The van der Waals surface area contributed by atoms with E-state index < -0.39 is 16.5 Å². The van der Waals surface area contributed by atoms with Crippen molar-refractivity contribution >= 4 is 81.9 Å². The van der Waals surface area contributed by atoms with Crippen LogP contribution in [0.3, 0.4) is 0 Å². The van der Waals surface area contributed by atoms with E-state index in [0.29, 0.717) is 42.5 Å². The van der Waals surface area contributed by atoms with Crippen LogP contribution in [0.15, 0.2) is 187 Å². The standard InChI is InChI=1S/C48H36O8P2/c1-3-15-35-33(13-1)25-27-45(50-31-29-49-30-32-51-57-52-41-21-9-5-17-37(41)38-18-6-10-22-42(38)53-57)47(35)48-36-16-4-2-14-34(36)26-28-46(48)56-58-54-43-23-11-7-19-39(43)40-20-8-12-24-44(40)55-58/h1-28H,29-32H2. The molecule has 0 aliphatic carbocycles. The molecule has 0 radical (unpaired) electrons.